The van der Waals surface area contributed by atoms with Crippen LogP contribution in [0, 0.1) is 16.0 Å². The largest absolute Gasteiger partial charge is 0.383 e. The lowest BCUT2D eigenvalue weighted by atomic mass is 9.87. The summed E-state index contributed by atoms with van der Waals surface area (Å²) in [6, 6.07) is 3.07. The van der Waals surface area contributed by atoms with E-state index in [2.05, 4.69) is 32.7 Å². The molecule has 0 atom stereocenters. The van der Waals surface area contributed by atoms with Gasteiger partial charge in [0.2, 0.25) is 0 Å². The molecular formula is C19H27N7O3. The molecule has 10 nitrogen and oxygen atoms in total. The molecule has 1 amide bonds. The molecule has 0 saturated heterocycles. The van der Waals surface area contributed by atoms with Gasteiger partial charge in [-0.25, -0.2) is 4.98 Å². The Hall–Kier alpha value is -3.17. The van der Waals surface area contributed by atoms with Crippen molar-refractivity contribution >= 4 is 23.0 Å². The third-order valence-corrected chi connectivity index (χ3v) is 5.44. The van der Waals surface area contributed by atoms with Crippen molar-refractivity contribution in [3.63, 3.8) is 0 Å². The van der Waals surface area contributed by atoms with E-state index in [9.17, 15) is 14.9 Å². The van der Waals surface area contributed by atoms with Crippen molar-refractivity contribution in [2.24, 2.45) is 5.92 Å². The third kappa shape index (κ3) is 4.82. The van der Waals surface area contributed by atoms with E-state index >= 15 is 0 Å². The van der Waals surface area contributed by atoms with Crippen molar-refractivity contribution in [3.8, 4) is 0 Å². The molecule has 1 aromatic carbocycles. The highest BCUT2D eigenvalue weighted by molar-refractivity contribution is 6.02. The van der Waals surface area contributed by atoms with Crippen molar-refractivity contribution in [1.29, 1.82) is 0 Å². The number of hydrogen-bond acceptors (Lipinski definition) is 7. The number of H-pyrrole nitrogens is 1. The molecule has 10 heteroatoms. The van der Waals surface area contributed by atoms with Crippen LogP contribution in [0.2, 0.25) is 0 Å². The van der Waals surface area contributed by atoms with E-state index in [0.717, 1.165) is 25.7 Å². The molecule has 0 radical (unpaired) electrons. The lowest BCUT2D eigenvalue weighted by Crippen LogP contribution is -2.38. The number of hydrogen-bond donors (Lipinski definition) is 3. The Bertz CT molecular complexity index is 861. The highest BCUT2D eigenvalue weighted by Gasteiger charge is 2.26. The van der Waals surface area contributed by atoms with Gasteiger partial charge in [-0.05, 0) is 37.7 Å². The second-order valence-electron chi connectivity index (χ2n) is 7.61. The quantitative estimate of drug-likeness (QED) is 0.480. The predicted molar refractivity (Wildman–Crippen MR) is 110 cm³/mol. The minimum atomic E-state index is -0.481. The van der Waals surface area contributed by atoms with Gasteiger partial charge in [-0.15, -0.1) is 0 Å². The molecule has 3 rings (SSSR count). The number of nitro benzene ring substituents is 1. The van der Waals surface area contributed by atoms with Gasteiger partial charge in [0.1, 0.15) is 17.8 Å². The fourth-order valence-electron chi connectivity index (χ4n) is 3.71. The van der Waals surface area contributed by atoms with Gasteiger partial charge in [-0.1, -0.05) is 6.92 Å². The molecule has 1 aliphatic carbocycles. The van der Waals surface area contributed by atoms with Crippen LogP contribution in [0.15, 0.2) is 18.5 Å². The normalized spacial score (nSPS) is 18.9. The fourth-order valence-corrected chi connectivity index (χ4v) is 3.71. The number of nitrogens with zero attached hydrogens (tertiary/aromatic N) is 4. The average Bonchev–Trinajstić information content (AvgIpc) is 3.21. The molecule has 156 valence electrons. The molecule has 0 spiro atoms. The number of carbonyl (C=O) groups is 1. The summed E-state index contributed by atoms with van der Waals surface area (Å²) >= 11 is 0. The van der Waals surface area contributed by atoms with E-state index < -0.39 is 4.92 Å². The van der Waals surface area contributed by atoms with Gasteiger partial charge in [-0.3, -0.25) is 20.0 Å². The number of nitro groups is 1. The molecule has 29 heavy (non-hydrogen) atoms. The van der Waals surface area contributed by atoms with E-state index in [-0.39, 0.29) is 23.2 Å². The molecule has 0 bridgehead atoms. The monoisotopic (exact) mass is 401 g/mol. The van der Waals surface area contributed by atoms with Gasteiger partial charge in [0.05, 0.1) is 22.7 Å². The molecular weight excluding hydrogens is 374 g/mol. The lowest BCUT2D eigenvalue weighted by molar-refractivity contribution is -0.383. The standard InChI is InChI=1S/C19H27N7O3/c1-12-4-6-13(7-5-12)23-19(27)14-8-17(26(28)29)15(20-2)9-16(14)25(3)10-18-21-11-22-24-18/h8-9,11-13,20H,4-7,10H2,1-3H3,(H,23,27)(H,21,22,24). The van der Waals surface area contributed by atoms with Crippen LogP contribution in [0.4, 0.5) is 17.1 Å². The Labute approximate surface area is 169 Å². The topological polar surface area (TPSA) is 129 Å². The van der Waals surface area contributed by atoms with Crippen molar-refractivity contribution in [2.45, 2.75) is 45.2 Å². The molecule has 0 unspecified atom stereocenters. The molecule has 1 saturated carbocycles. The first-order valence-electron chi connectivity index (χ1n) is 9.75. The summed E-state index contributed by atoms with van der Waals surface area (Å²) in [5.41, 5.74) is 1.07. The third-order valence-electron chi connectivity index (χ3n) is 5.44. The zero-order valence-corrected chi connectivity index (χ0v) is 16.9. The Morgan fingerprint density at radius 1 is 1.34 bits per heavy atom. The highest BCUT2D eigenvalue weighted by Crippen LogP contribution is 2.34. The number of anilines is 2. The average molecular weight is 401 g/mol. The van der Waals surface area contributed by atoms with Crippen LogP contribution in [-0.4, -0.2) is 46.1 Å². The second-order valence-corrected chi connectivity index (χ2v) is 7.61. The van der Waals surface area contributed by atoms with Gasteiger partial charge < -0.3 is 15.5 Å². The maximum absolute atomic E-state index is 13.1. The molecule has 1 aliphatic rings. The number of amides is 1. The first kappa shape index (κ1) is 20.6. The predicted octanol–water partition coefficient (Wildman–Crippen LogP) is 2.70. The van der Waals surface area contributed by atoms with Crippen LogP contribution in [0.3, 0.4) is 0 Å². The summed E-state index contributed by atoms with van der Waals surface area (Å²) in [6.45, 7) is 2.59. The van der Waals surface area contributed by atoms with Gasteiger partial charge in [0.15, 0.2) is 0 Å². The number of rotatable bonds is 7. The van der Waals surface area contributed by atoms with Crippen molar-refractivity contribution in [2.75, 3.05) is 24.3 Å². The molecule has 1 aromatic heterocycles. The van der Waals surface area contributed by atoms with E-state index in [4.69, 9.17) is 0 Å². The summed E-state index contributed by atoms with van der Waals surface area (Å²) in [5.74, 6) is 1.00. The van der Waals surface area contributed by atoms with Crippen LogP contribution in [0.25, 0.3) is 0 Å². The number of carbonyl (C=O) groups excluding carboxylic acids is 1. The van der Waals surface area contributed by atoms with Gasteiger partial charge in [0, 0.05) is 26.2 Å². The maximum Gasteiger partial charge on any atom is 0.293 e. The summed E-state index contributed by atoms with van der Waals surface area (Å²) < 4.78 is 0. The molecule has 1 heterocycles. The Balaban J connectivity index is 1.92. The van der Waals surface area contributed by atoms with Crippen LogP contribution in [0.5, 0.6) is 0 Å². The second kappa shape index (κ2) is 8.89. The van der Waals surface area contributed by atoms with Crippen LogP contribution in [0.1, 0.15) is 48.8 Å². The van der Waals surface area contributed by atoms with Gasteiger partial charge in [0.25, 0.3) is 11.6 Å². The number of benzene rings is 1. The van der Waals surface area contributed by atoms with Crippen LogP contribution < -0.4 is 15.5 Å². The van der Waals surface area contributed by atoms with Crippen LogP contribution >= 0.6 is 0 Å². The number of aromatic amines is 1. The summed E-state index contributed by atoms with van der Waals surface area (Å²) in [5, 5.41) is 24.1. The van der Waals surface area contributed by atoms with E-state index in [1.807, 2.05) is 11.9 Å². The number of nitrogens with one attached hydrogen (secondary N) is 3. The molecule has 3 N–H and O–H groups in total. The number of aromatic nitrogens is 3. The summed E-state index contributed by atoms with van der Waals surface area (Å²) in [7, 11) is 3.42. The smallest absolute Gasteiger partial charge is 0.293 e. The Morgan fingerprint density at radius 3 is 2.66 bits per heavy atom. The van der Waals surface area contributed by atoms with Crippen molar-refractivity contribution < 1.29 is 9.72 Å². The molecule has 0 aliphatic heterocycles. The first-order chi connectivity index (χ1) is 13.9. The lowest BCUT2D eigenvalue weighted by Gasteiger charge is -2.28. The summed E-state index contributed by atoms with van der Waals surface area (Å²) in [4.78, 5) is 30.0. The molecule has 2 aromatic rings. The minimum absolute atomic E-state index is 0.0918. The van der Waals surface area contributed by atoms with E-state index in [1.165, 1.54) is 12.4 Å². The van der Waals surface area contributed by atoms with E-state index in [0.29, 0.717) is 29.7 Å². The zero-order chi connectivity index (χ0) is 21.0. The Morgan fingerprint density at radius 2 is 2.07 bits per heavy atom. The minimum Gasteiger partial charge on any atom is -0.383 e. The molecule has 1 fully saturated rings. The van der Waals surface area contributed by atoms with Crippen molar-refractivity contribution in [3.05, 3.63) is 40.0 Å². The highest BCUT2D eigenvalue weighted by atomic mass is 16.6. The SMILES string of the molecule is CNc1cc(N(C)Cc2ncn[nH]2)c(C(=O)NC2CCC(C)CC2)cc1[N+](=O)[O-]. The summed E-state index contributed by atoms with van der Waals surface area (Å²) in [6.07, 6.45) is 5.40. The van der Waals surface area contributed by atoms with Gasteiger partial charge in [-0.2, -0.15) is 5.10 Å². The first-order valence-corrected chi connectivity index (χ1v) is 9.75. The fraction of sp³-hybridized carbons (Fsp3) is 0.526. The zero-order valence-electron chi connectivity index (χ0n) is 16.9. The van der Waals surface area contributed by atoms with Crippen LogP contribution in [-0.2, 0) is 6.54 Å². The maximum atomic E-state index is 13.1. The Kier molecular flexibility index (Phi) is 6.30. The van der Waals surface area contributed by atoms with Crippen molar-refractivity contribution in [1.82, 2.24) is 20.5 Å². The van der Waals surface area contributed by atoms with Gasteiger partial charge >= 0.3 is 0 Å². The van der Waals surface area contributed by atoms with E-state index in [1.54, 1.807) is 13.1 Å².